The molecule has 0 radical (unpaired) electrons. The van der Waals surface area contributed by atoms with Crippen molar-refractivity contribution in [2.24, 2.45) is 7.05 Å². The van der Waals surface area contributed by atoms with Crippen molar-refractivity contribution in [1.29, 1.82) is 5.26 Å². The van der Waals surface area contributed by atoms with E-state index in [1.54, 1.807) is 27.3 Å². The number of carbonyl (C=O) groups excluding carboxylic acids is 1. The van der Waals surface area contributed by atoms with Gasteiger partial charge in [-0.1, -0.05) is 0 Å². The van der Waals surface area contributed by atoms with Crippen LogP contribution in [0.25, 0.3) is 22.3 Å². The van der Waals surface area contributed by atoms with Crippen molar-refractivity contribution in [3.05, 3.63) is 48.4 Å². The van der Waals surface area contributed by atoms with Gasteiger partial charge in [-0.15, -0.1) is 0 Å². The van der Waals surface area contributed by atoms with E-state index in [0.717, 1.165) is 22.3 Å². The molecule has 1 saturated heterocycles. The van der Waals surface area contributed by atoms with Crippen molar-refractivity contribution in [2.45, 2.75) is 6.92 Å². The van der Waals surface area contributed by atoms with Gasteiger partial charge in [0.05, 0.1) is 43.0 Å². The van der Waals surface area contributed by atoms with Crippen LogP contribution in [0.2, 0.25) is 0 Å². The molecular weight excluding hydrogens is 484 g/mol. The number of carbonyl (C=O) groups is 1. The third kappa shape index (κ3) is 4.64. The van der Waals surface area contributed by atoms with E-state index in [4.69, 9.17) is 9.47 Å². The number of nitrogens with one attached hydrogen (secondary N) is 1. The summed E-state index contributed by atoms with van der Waals surface area (Å²) in [7, 11) is 5.14. The Kier molecular flexibility index (Phi) is 6.70. The number of rotatable bonds is 6. The first-order valence-corrected chi connectivity index (χ1v) is 12.1. The number of hydrogen-bond donors (Lipinski definition) is 1. The normalized spacial score (nSPS) is 13.3. The predicted molar refractivity (Wildman–Crippen MR) is 144 cm³/mol. The van der Waals surface area contributed by atoms with E-state index in [9.17, 15) is 10.1 Å². The van der Waals surface area contributed by atoms with Crippen LogP contribution in [-0.4, -0.2) is 70.7 Å². The zero-order chi connectivity index (χ0) is 26.8. The van der Waals surface area contributed by atoms with Crippen LogP contribution in [0.5, 0.6) is 11.5 Å². The lowest BCUT2D eigenvalue weighted by Crippen LogP contribution is -2.48. The summed E-state index contributed by atoms with van der Waals surface area (Å²) in [6.45, 7) is 4.26. The second kappa shape index (κ2) is 10.3. The standard InChI is InChI=1S/C27H28N8O3/c1-17(36)34-7-9-35(10-8-34)22-13-23(37-3)21(12-24(22)38-4)31-27-30-16-20(14-28)25(32-27)19-11-18-5-6-33(2)26(18)29-15-19/h5-6,11-13,15-16H,7-10H2,1-4H3,(H,30,31,32). The zero-order valence-electron chi connectivity index (χ0n) is 21.7. The number of fused-ring (bicyclic) bond motifs is 1. The number of aryl methyl sites for hydroxylation is 1. The average molecular weight is 513 g/mol. The quantitative estimate of drug-likeness (QED) is 0.414. The molecule has 11 heteroatoms. The van der Waals surface area contributed by atoms with Gasteiger partial charge in [-0.05, 0) is 12.1 Å². The molecular formula is C27H28N8O3. The molecule has 0 aliphatic carbocycles. The molecule has 3 aromatic heterocycles. The molecule has 1 amide bonds. The molecule has 0 atom stereocenters. The van der Waals surface area contributed by atoms with Crippen molar-refractivity contribution >= 4 is 34.3 Å². The first kappa shape index (κ1) is 24.8. The molecule has 4 heterocycles. The van der Waals surface area contributed by atoms with Crippen LogP contribution in [0.3, 0.4) is 0 Å². The SMILES string of the molecule is COc1cc(N2CCN(C(C)=O)CC2)c(OC)cc1Nc1ncc(C#N)c(-c2cnc3c(ccn3C)c2)n1. The number of benzene rings is 1. The molecule has 1 N–H and O–H groups in total. The maximum absolute atomic E-state index is 11.7. The minimum Gasteiger partial charge on any atom is -0.494 e. The number of nitriles is 1. The largest absolute Gasteiger partial charge is 0.494 e. The monoisotopic (exact) mass is 512 g/mol. The third-order valence-corrected chi connectivity index (χ3v) is 6.70. The Morgan fingerprint density at radius 3 is 2.50 bits per heavy atom. The van der Waals surface area contributed by atoms with E-state index >= 15 is 0 Å². The van der Waals surface area contributed by atoms with Gasteiger partial charge < -0.3 is 29.2 Å². The molecule has 0 unspecified atom stereocenters. The van der Waals surface area contributed by atoms with Gasteiger partial charge in [-0.3, -0.25) is 4.79 Å². The fourth-order valence-electron chi connectivity index (χ4n) is 4.64. The summed E-state index contributed by atoms with van der Waals surface area (Å²) in [5.41, 5.74) is 3.88. The summed E-state index contributed by atoms with van der Waals surface area (Å²) in [4.78, 5) is 29.3. The molecule has 5 rings (SSSR count). The number of nitrogens with zero attached hydrogens (tertiary/aromatic N) is 7. The van der Waals surface area contributed by atoms with Crippen LogP contribution in [0, 0.1) is 11.3 Å². The van der Waals surface area contributed by atoms with Gasteiger partial charge in [0.15, 0.2) is 0 Å². The van der Waals surface area contributed by atoms with Crippen LogP contribution >= 0.6 is 0 Å². The fraction of sp³-hybridized carbons (Fsp3) is 0.296. The molecule has 4 aromatic rings. The summed E-state index contributed by atoms with van der Waals surface area (Å²) in [6, 6.07) is 9.84. The van der Waals surface area contributed by atoms with Crippen LogP contribution in [0.1, 0.15) is 12.5 Å². The second-order valence-corrected chi connectivity index (χ2v) is 8.97. The Bertz CT molecular complexity index is 1550. The Morgan fingerprint density at radius 2 is 1.82 bits per heavy atom. The Hall–Kier alpha value is -4.85. The molecule has 1 aromatic carbocycles. The smallest absolute Gasteiger partial charge is 0.227 e. The molecule has 1 fully saturated rings. The van der Waals surface area contributed by atoms with Gasteiger partial charge in [0, 0.05) is 75.6 Å². The van der Waals surface area contributed by atoms with Crippen molar-refractivity contribution in [3.8, 4) is 28.8 Å². The maximum Gasteiger partial charge on any atom is 0.227 e. The summed E-state index contributed by atoms with van der Waals surface area (Å²) in [5, 5.41) is 13.9. The Balaban J connectivity index is 1.46. The highest BCUT2D eigenvalue weighted by atomic mass is 16.5. The maximum atomic E-state index is 11.7. The van der Waals surface area contributed by atoms with E-state index in [2.05, 4.69) is 31.2 Å². The van der Waals surface area contributed by atoms with Crippen molar-refractivity contribution in [1.82, 2.24) is 24.4 Å². The summed E-state index contributed by atoms with van der Waals surface area (Å²) in [5.74, 6) is 1.61. The molecule has 11 nitrogen and oxygen atoms in total. The minimum atomic E-state index is 0.0787. The third-order valence-electron chi connectivity index (χ3n) is 6.70. The van der Waals surface area contributed by atoms with Crippen molar-refractivity contribution in [3.63, 3.8) is 0 Å². The van der Waals surface area contributed by atoms with Gasteiger partial charge in [0.25, 0.3) is 0 Å². The molecule has 1 aliphatic heterocycles. The van der Waals surface area contributed by atoms with Crippen LogP contribution in [-0.2, 0) is 11.8 Å². The number of ether oxygens (including phenoxy) is 2. The lowest BCUT2D eigenvalue weighted by molar-refractivity contribution is -0.129. The first-order chi connectivity index (χ1) is 18.4. The number of pyridine rings is 1. The highest BCUT2D eigenvalue weighted by Gasteiger charge is 2.23. The van der Waals surface area contributed by atoms with E-state index < -0.39 is 0 Å². The summed E-state index contributed by atoms with van der Waals surface area (Å²) in [6.07, 6.45) is 5.14. The Labute approximate surface area is 220 Å². The second-order valence-electron chi connectivity index (χ2n) is 8.97. The molecule has 0 saturated carbocycles. The van der Waals surface area contributed by atoms with Gasteiger partial charge in [-0.25, -0.2) is 15.0 Å². The summed E-state index contributed by atoms with van der Waals surface area (Å²) >= 11 is 0. The Morgan fingerprint density at radius 1 is 1.05 bits per heavy atom. The zero-order valence-corrected chi connectivity index (χ0v) is 21.7. The number of methoxy groups -OCH3 is 2. The minimum absolute atomic E-state index is 0.0787. The molecule has 1 aliphatic rings. The predicted octanol–water partition coefficient (Wildman–Crippen LogP) is 3.33. The topological polar surface area (TPSA) is 121 Å². The van der Waals surface area contributed by atoms with Gasteiger partial charge in [0.2, 0.25) is 11.9 Å². The molecule has 0 spiro atoms. The van der Waals surface area contributed by atoms with Crippen molar-refractivity contribution < 1.29 is 14.3 Å². The molecule has 38 heavy (non-hydrogen) atoms. The fourth-order valence-corrected chi connectivity index (χ4v) is 4.64. The first-order valence-electron chi connectivity index (χ1n) is 12.1. The van der Waals surface area contributed by atoms with E-state index in [1.165, 1.54) is 6.20 Å². The van der Waals surface area contributed by atoms with Crippen LogP contribution < -0.4 is 19.7 Å². The van der Waals surface area contributed by atoms with Crippen LogP contribution in [0.15, 0.2) is 42.9 Å². The van der Waals surface area contributed by atoms with E-state index in [0.29, 0.717) is 60.6 Å². The summed E-state index contributed by atoms with van der Waals surface area (Å²) < 4.78 is 13.3. The van der Waals surface area contributed by atoms with Gasteiger partial charge in [0.1, 0.15) is 23.2 Å². The molecule has 0 bridgehead atoms. The van der Waals surface area contributed by atoms with Crippen LogP contribution in [0.4, 0.5) is 17.3 Å². The number of aromatic nitrogens is 4. The number of hydrogen-bond acceptors (Lipinski definition) is 9. The van der Waals surface area contributed by atoms with Gasteiger partial charge >= 0.3 is 0 Å². The number of piperazine rings is 1. The lowest BCUT2D eigenvalue weighted by atomic mass is 10.1. The average Bonchev–Trinajstić information content (AvgIpc) is 3.32. The lowest BCUT2D eigenvalue weighted by Gasteiger charge is -2.36. The van der Waals surface area contributed by atoms with E-state index in [-0.39, 0.29) is 5.91 Å². The number of amides is 1. The van der Waals surface area contributed by atoms with Gasteiger partial charge in [-0.2, -0.15) is 5.26 Å². The highest BCUT2D eigenvalue weighted by Crippen LogP contribution is 2.40. The highest BCUT2D eigenvalue weighted by molar-refractivity contribution is 5.83. The number of anilines is 3. The molecule has 194 valence electrons. The van der Waals surface area contributed by atoms with Crippen molar-refractivity contribution in [2.75, 3.05) is 50.6 Å². The van der Waals surface area contributed by atoms with E-state index in [1.807, 2.05) is 47.0 Å².